The van der Waals surface area contributed by atoms with Gasteiger partial charge in [-0.1, -0.05) is 272 Å². The standard InChI is InChI=1S/C66H106Br2N2O2S4/c1-5-9-13-17-21-23-25-27-29-31-33-37-41-45-49-71-59-53-51-57(65-69-55(63(67)75-65)47-43-39-35-19-15-11-7-3)74-62(53)60(72-50-46-42-38-34-32-30-28-26-24-22-18-14-10-6-2)54-52-58(73-61(54)59)66-70-56(64(68)76-66)48-44-40-36-20-16-12-8-4/h51-52H,5-50H2,1-4H3. The maximum Gasteiger partial charge on any atom is 0.146 e. The molecule has 10 heteroatoms. The molecule has 0 amide bonds. The summed E-state index contributed by atoms with van der Waals surface area (Å²) in [5.41, 5.74) is 2.42. The first-order chi connectivity index (χ1) is 37.5. The minimum atomic E-state index is 0.733. The van der Waals surface area contributed by atoms with Gasteiger partial charge in [-0.3, -0.25) is 0 Å². The zero-order chi connectivity index (χ0) is 53.7. The van der Waals surface area contributed by atoms with Gasteiger partial charge in [0.25, 0.3) is 0 Å². The van der Waals surface area contributed by atoms with Crippen molar-refractivity contribution in [2.75, 3.05) is 13.2 Å². The van der Waals surface area contributed by atoms with Crippen molar-refractivity contribution in [3.63, 3.8) is 0 Å². The molecule has 0 spiro atoms. The molecule has 0 fully saturated rings. The van der Waals surface area contributed by atoms with Gasteiger partial charge in [0.2, 0.25) is 0 Å². The second-order valence-electron chi connectivity index (χ2n) is 22.5. The maximum atomic E-state index is 7.09. The van der Waals surface area contributed by atoms with Crippen molar-refractivity contribution in [3.05, 3.63) is 31.1 Å². The molecule has 4 heterocycles. The maximum absolute atomic E-state index is 7.09. The molecule has 4 aromatic heterocycles. The van der Waals surface area contributed by atoms with Crippen molar-refractivity contribution in [1.82, 2.24) is 9.97 Å². The lowest BCUT2D eigenvalue weighted by atomic mass is 10.0. The van der Waals surface area contributed by atoms with E-state index in [1.807, 2.05) is 22.7 Å². The van der Waals surface area contributed by atoms with Crippen LogP contribution >= 0.6 is 77.2 Å². The van der Waals surface area contributed by atoms with Gasteiger partial charge in [0, 0.05) is 10.8 Å². The van der Waals surface area contributed by atoms with Crippen LogP contribution < -0.4 is 9.47 Å². The third-order valence-electron chi connectivity index (χ3n) is 15.6. The summed E-state index contributed by atoms with van der Waals surface area (Å²) in [6.45, 7) is 10.7. The first kappa shape index (κ1) is 65.8. The molecule has 76 heavy (non-hydrogen) atoms. The van der Waals surface area contributed by atoms with E-state index in [0.717, 1.165) is 60.4 Å². The number of aryl methyl sites for hydroxylation is 2. The smallest absolute Gasteiger partial charge is 0.146 e. The number of nitrogens with zero attached hydrogens (tertiary/aromatic N) is 2. The molecular formula is C66H106Br2N2O2S4. The van der Waals surface area contributed by atoms with E-state index in [4.69, 9.17) is 19.4 Å². The van der Waals surface area contributed by atoms with Crippen LogP contribution in [0, 0.1) is 0 Å². The summed E-state index contributed by atoms with van der Waals surface area (Å²) < 4.78 is 19.0. The van der Waals surface area contributed by atoms with Gasteiger partial charge in [0.1, 0.15) is 21.5 Å². The van der Waals surface area contributed by atoms with E-state index in [0.29, 0.717) is 0 Å². The molecule has 0 aliphatic carbocycles. The van der Waals surface area contributed by atoms with Crippen LogP contribution in [0.25, 0.3) is 39.9 Å². The molecule has 1 aromatic carbocycles. The van der Waals surface area contributed by atoms with Crippen molar-refractivity contribution in [2.24, 2.45) is 0 Å². The highest BCUT2D eigenvalue weighted by molar-refractivity contribution is 9.11. The van der Waals surface area contributed by atoms with Crippen LogP contribution in [0.5, 0.6) is 11.5 Å². The quantitative estimate of drug-likeness (QED) is 0.0364. The Hall–Kier alpha value is -1.04. The van der Waals surface area contributed by atoms with Crippen molar-refractivity contribution >= 4 is 97.4 Å². The number of aromatic nitrogens is 2. The van der Waals surface area contributed by atoms with Crippen molar-refractivity contribution < 1.29 is 9.47 Å². The van der Waals surface area contributed by atoms with E-state index in [-0.39, 0.29) is 0 Å². The predicted octanol–water partition coefficient (Wildman–Crippen LogP) is 26.2. The lowest BCUT2D eigenvalue weighted by Gasteiger charge is -2.14. The number of rotatable bonds is 50. The summed E-state index contributed by atoms with van der Waals surface area (Å²) in [6, 6.07) is 4.78. The Kier molecular flexibility index (Phi) is 36.2. The molecular weight excluding hydrogens is 1140 g/mol. The summed E-state index contributed by atoms with van der Waals surface area (Å²) in [5, 5.41) is 4.57. The lowest BCUT2D eigenvalue weighted by Crippen LogP contribution is -2.00. The zero-order valence-corrected chi connectivity index (χ0v) is 55.2. The number of ether oxygens (including phenoxy) is 2. The predicted molar refractivity (Wildman–Crippen MR) is 350 cm³/mol. The van der Waals surface area contributed by atoms with Gasteiger partial charge in [0.15, 0.2) is 0 Å². The van der Waals surface area contributed by atoms with E-state index < -0.39 is 0 Å². The van der Waals surface area contributed by atoms with Gasteiger partial charge < -0.3 is 9.47 Å². The van der Waals surface area contributed by atoms with Gasteiger partial charge >= 0.3 is 0 Å². The Balaban J connectivity index is 1.31. The van der Waals surface area contributed by atoms with Crippen LogP contribution in [0.1, 0.15) is 309 Å². The molecule has 0 radical (unpaired) electrons. The number of thiazole rings is 2. The minimum Gasteiger partial charge on any atom is -0.491 e. The summed E-state index contributed by atoms with van der Waals surface area (Å²) in [4.78, 5) is 13.1. The van der Waals surface area contributed by atoms with Crippen molar-refractivity contribution in [2.45, 2.75) is 310 Å². The molecule has 0 aliphatic heterocycles. The first-order valence-corrected chi connectivity index (χ1v) is 36.9. The highest BCUT2D eigenvalue weighted by Crippen LogP contribution is 2.54. The minimum absolute atomic E-state index is 0.733. The van der Waals surface area contributed by atoms with Crippen LogP contribution in [-0.2, 0) is 12.8 Å². The fourth-order valence-corrected chi connectivity index (χ4v) is 16.4. The largest absolute Gasteiger partial charge is 0.491 e. The molecule has 5 aromatic rings. The van der Waals surface area contributed by atoms with E-state index in [1.165, 1.54) is 306 Å². The molecule has 0 atom stereocenters. The molecule has 0 N–H and O–H groups in total. The first-order valence-electron chi connectivity index (χ1n) is 32.1. The fourth-order valence-electron chi connectivity index (χ4n) is 10.8. The van der Waals surface area contributed by atoms with Gasteiger partial charge in [-0.15, -0.1) is 45.3 Å². The van der Waals surface area contributed by atoms with Gasteiger partial charge in [-0.25, -0.2) is 9.97 Å². The Morgan fingerprint density at radius 3 is 0.855 bits per heavy atom. The van der Waals surface area contributed by atoms with Crippen LogP contribution in [0.2, 0.25) is 0 Å². The fraction of sp³-hybridized carbons (Fsp3) is 0.758. The topological polar surface area (TPSA) is 44.2 Å². The average molecular weight is 1250 g/mol. The van der Waals surface area contributed by atoms with Crippen molar-refractivity contribution in [1.29, 1.82) is 0 Å². The van der Waals surface area contributed by atoms with E-state index in [2.05, 4.69) is 71.7 Å². The van der Waals surface area contributed by atoms with Crippen LogP contribution in [0.3, 0.4) is 0 Å². The monoisotopic (exact) mass is 1240 g/mol. The van der Waals surface area contributed by atoms with E-state index in [1.54, 1.807) is 22.7 Å². The summed E-state index contributed by atoms with van der Waals surface area (Å²) in [5.74, 6) is 2.06. The third-order valence-corrected chi connectivity index (χ3v) is 21.9. The highest BCUT2D eigenvalue weighted by Gasteiger charge is 2.25. The molecule has 0 aliphatic rings. The van der Waals surface area contributed by atoms with Crippen LogP contribution in [-0.4, -0.2) is 23.2 Å². The zero-order valence-electron chi connectivity index (χ0n) is 48.8. The Morgan fingerprint density at radius 1 is 0.329 bits per heavy atom. The molecule has 0 bridgehead atoms. The van der Waals surface area contributed by atoms with E-state index in [9.17, 15) is 0 Å². The second-order valence-corrected chi connectivity index (χ2v) is 29.2. The number of unbranched alkanes of at least 4 members (excludes halogenated alkanes) is 38. The van der Waals surface area contributed by atoms with Crippen molar-refractivity contribution in [3.8, 4) is 31.3 Å². The highest BCUT2D eigenvalue weighted by atomic mass is 79.9. The number of benzene rings is 1. The number of hydrogen-bond donors (Lipinski definition) is 0. The SMILES string of the molecule is CCCCCCCCCCCCCCCCOc1c2cc(-c3nc(CCCCCCCCC)c(Br)s3)sc2c(OCCCCCCCCCCCCCCCC)c2cc(-c3nc(CCCCCCCCC)c(Br)s3)sc12. The molecule has 430 valence electrons. The van der Waals surface area contributed by atoms with E-state index >= 15 is 0 Å². The Morgan fingerprint density at radius 2 is 0.579 bits per heavy atom. The number of halogens is 2. The summed E-state index contributed by atoms with van der Waals surface area (Å²) >= 11 is 15.2. The molecule has 0 unspecified atom stereocenters. The normalized spacial score (nSPS) is 11.9. The van der Waals surface area contributed by atoms with Crippen LogP contribution in [0.15, 0.2) is 19.7 Å². The molecule has 5 rings (SSSR count). The summed E-state index contributed by atoms with van der Waals surface area (Å²) in [7, 11) is 0. The lowest BCUT2D eigenvalue weighted by molar-refractivity contribution is 0.307. The van der Waals surface area contributed by atoms with Gasteiger partial charge in [-0.2, -0.15) is 0 Å². The Labute approximate surface area is 498 Å². The summed E-state index contributed by atoms with van der Waals surface area (Å²) in [6.07, 6.45) is 58.4. The van der Waals surface area contributed by atoms with Gasteiger partial charge in [0.05, 0.1) is 51.3 Å². The second kappa shape index (κ2) is 41.9. The average Bonchev–Trinajstić information content (AvgIpc) is 4.28. The molecule has 0 saturated heterocycles. The number of thiophene rings is 2. The third kappa shape index (κ3) is 25.0. The van der Waals surface area contributed by atoms with Gasteiger partial charge in [-0.05, 0) is 82.5 Å². The number of fused-ring (bicyclic) bond motifs is 2. The molecule has 0 saturated carbocycles. The van der Waals surface area contributed by atoms with Crippen LogP contribution in [0.4, 0.5) is 0 Å². The Bertz CT molecular complexity index is 2020. The molecule has 4 nitrogen and oxygen atoms in total. The number of hydrogen-bond acceptors (Lipinski definition) is 8.